The highest BCUT2D eigenvalue weighted by molar-refractivity contribution is 6.34. The quantitative estimate of drug-likeness (QED) is 0.629. The van der Waals surface area contributed by atoms with Crippen LogP contribution in [0.1, 0.15) is 26.9 Å². The fourth-order valence-electron chi connectivity index (χ4n) is 1.75. The van der Waals surface area contributed by atoms with Crippen LogP contribution in [0.25, 0.3) is 0 Å². The highest BCUT2D eigenvalue weighted by atomic mass is 35.5. The Hall–Kier alpha value is -2.18. The Bertz CT molecular complexity index is 649. The van der Waals surface area contributed by atoms with Gasteiger partial charge in [0.15, 0.2) is 5.78 Å². The first-order chi connectivity index (χ1) is 9.15. The zero-order valence-electron chi connectivity index (χ0n) is 9.81. The number of benzene rings is 2. The third-order valence-electron chi connectivity index (χ3n) is 2.71. The summed E-state index contributed by atoms with van der Waals surface area (Å²) in [5.41, 5.74) is 0.350. The topological polar surface area (TPSA) is 40.9 Å². The Balaban J connectivity index is 2.41. The maximum Gasteiger partial charge on any atom is 0.186 e. The normalized spacial score (nSPS) is 11.6. The molecule has 0 aromatic heterocycles. The molecule has 1 unspecified atom stereocenters. The zero-order chi connectivity index (χ0) is 13.8. The minimum Gasteiger partial charge on any atom is -0.292 e. The van der Waals surface area contributed by atoms with E-state index in [0.717, 1.165) is 6.07 Å². The lowest BCUT2D eigenvalue weighted by Gasteiger charge is -2.10. The van der Waals surface area contributed by atoms with E-state index >= 15 is 0 Å². The summed E-state index contributed by atoms with van der Waals surface area (Å²) in [6, 6.07) is 14.4. The van der Waals surface area contributed by atoms with Crippen molar-refractivity contribution in [3.63, 3.8) is 0 Å². The monoisotopic (exact) mass is 273 g/mol. The molecule has 0 N–H and O–H groups in total. The van der Waals surface area contributed by atoms with Crippen LogP contribution in [0.3, 0.4) is 0 Å². The van der Waals surface area contributed by atoms with Crippen molar-refractivity contribution in [3.05, 3.63) is 71.0 Å². The van der Waals surface area contributed by atoms with Gasteiger partial charge in [0, 0.05) is 5.56 Å². The Kier molecular flexibility index (Phi) is 3.94. The van der Waals surface area contributed by atoms with Crippen LogP contribution in [0.2, 0.25) is 0 Å². The average Bonchev–Trinajstić information content (AvgIpc) is 2.46. The van der Waals surface area contributed by atoms with E-state index in [1.54, 1.807) is 36.4 Å². The van der Waals surface area contributed by atoms with Crippen LogP contribution in [0, 0.1) is 17.1 Å². The van der Waals surface area contributed by atoms with Gasteiger partial charge in [-0.15, -0.1) is 11.6 Å². The SMILES string of the molecule is N#Cc1c(F)cccc1C(=O)C(Cl)c1ccccc1. The number of carbonyl (C=O) groups excluding carboxylic acids is 1. The fourth-order valence-corrected chi connectivity index (χ4v) is 2.02. The Morgan fingerprint density at radius 2 is 1.84 bits per heavy atom. The number of ketones is 1. The first-order valence-electron chi connectivity index (χ1n) is 5.57. The molecule has 0 aliphatic rings. The number of nitrogens with zero attached hydrogens (tertiary/aromatic N) is 1. The van der Waals surface area contributed by atoms with Crippen molar-refractivity contribution in [2.75, 3.05) is 0 Å². The van der Waals surface area contributed by atoms with Gasteiger partial charge in [-0.2, -0.15) is 5.26 Å². The highest BCUT2D eigenvalue weighted by Gasteiger charge is 2.23. The number of hydrogen-bond acceptors (Lipinski definition) is 2. The van der Waals surface area contributed by atoms with E-state index in [0.29, 0.717) is 5.56 Å². The van der Waals surface area contributed by atoms with Gasteiger partial charge in [-0.05, 0) is 17.7 Å². The molecule has 19 heavy (non-hydrogen) atoms. The van der Waals surface area contributed by atoms with Crippen molar-refractivity contribution in [1.29, 1.82) is 5.26 Å². The summed E-state index contributed by atoms with van der Waals surface area (Å²) in [5.74, 6) is -1.20. The number of carbonyl (C=O) groups is 1. The van der Waals surface area contributed by atoms with Crippen molar-refractivity contribution in [3.8, 4) is 6.07 Å². The van der Waals surface area contributed by atoms with Crippen LogP contribution >= 0.6 is 11.6 Å². The Morgan fingerprint density at radius 3 is 2.47 bits per heavy atom. The van der Waals surface area contributed by atoms with Gasteiger partial charge in [0.2, 0.25) is 0 Å². The van der Waals surface area contributed by atoms with Gasteiger partial charge in [-0.25, -0.2) is 4.39 Å². The van der Waals surface area contributed by atoms with Crippen LogP contribution in [0.15, 0.2) is 48.5 Å². The summed E-state index contributed by atoms with van der Waals surface area (Å²) in [4.78, 5) is 12.2. The summed E-state index contributed by atoms with van der Waals surface area (Å²) in [5, 5.41) is 7.98. The minimum absolute atomic E-state index is 0.00588. The van der Waals surface area contributed by atoms with Crippen molar-refractivity contribution in [2.45, 2.75) is 5.38 Å². The standard InChI is InChI=1S/C15H9ClFNO/c16-14(10-5-2-1-3-6-10)15(19)11-7-4-8-13(17)12(11)9-18/h1-8,14H. The third-order valence-corrected chi connectivity index (χ3v) is 3.16. The van der Waals surface area contributed by atoms with E-state index in [1.807, 2.05) is 0 Å². The number of hydrogen-bond donors (Lipinski definition) is 0. The summed E-state index contributed by atoms with van der Waals surface area (Å²) < 4.78 is 13.5. The van der Waals surface area contributed by atoms with Gasteiger partial charge in [0.1, 0.15) is 17.3 Å². The Morgan fingerprint density at radius 1 is 1.16 bits per heavy atom. The predicted octanol–water partition coefficient (Wildman–Crippen LogP) is 3.86. The number of halogens is 2. The van der Waals surface area contributed by atoms with Gasteiger partial charge in [-0.1, -0.05) is 36.4 Å². The van der Waals surface area contributed by atoms with Gasteiger partial charge >= 0.3 is 0 Å². The average molecular weight is 274 g/mol. The summed E-state index contributed by atoms with van der Waals surface area (Å²) in [7, 11) is 0. The molecule has 4 heteroatoms. The molecule has 0 aliphatic heterocycles. The van der Waals surface area contributed by atoms with E-state index in [4.69, 9.17) is 16.9 Å². The second-order valence-corrected chi connectivity index (χ2v) is 4.35. The largest absolute Gasteiger partial charge is 0.292 e. The predicted molar refractivity (Wildman–Crippen MR) is 70.5 cm³/mol. The van der Waals surface area contributed by atoms with Crippen molar-refractivity contribution >= 4 is 17.4 Å². The highest BCUT2D eigenvalue weighted by Crippen LogP contribution is 2.26. The lowest BCUT2D eigenvalue weighted by atomic mass is 9.98. The van der Waals surface area contributed by atoms with Crippen LogP contribution in [-0.2, 0) is 0 Å². The lowest BCUT2D eigenvalue weighted by Crippen LogP contribution is -2.10. The molecule has 0 saturated carbocycles. The van der Waals surface area contributed by atoms with Crippen LogP contribution < -0.4 is 0 Å². The second kappa shape index (κ2) is 5.64. The fraction of sp³-hybridized carbons (Fsp3) is 0.0667. The molecule has 0 heterocycles. The molecule has 0 amide bonds. The van der Waals surface area contributed by atoms with Crippen molar-refractivity contribution in [2.24, 2.45) is 0 Å². The minimum atomic E-state index is -0.935. The van der Waals surface area contributed by atoms with Gasteiger partial charge in [0.05, 0.1) is 5.56 Å². The first kappa shape index (κ1) is 13.3. The molecule has 2 rings (SSSR count). The summed E-state index contributed by atoms with van der Waals surface area (Å²) in [6.45, 7) is 0. The maximum absolute atomic E-state index is 13.5. The molecular weight excluding hydrogens is 265 g/mol. The van der Waals surface area contributed by atoms with E-state index in [-0.39, 0.29) is 11.1 Å². The molecule has 0 aliphatic carbocycles. The molecule has 94 valence electrons. The van der Waals surface area contributed by atoms with E-state index in [1.165, 1.54) is 12.1 Å². The third kappa shape index (κ3) is 2.64. The molecule has 0 spiro atoms. The Labute approximate surface area is 115 Å². The molecule has 2 nitrogen and oxygen atoms in total. The zero-order valence-corrected chi connectivity index (χ0v) is 10.6. The van der Waals surface area contributed by atoms with Crippen LogP contribution in [0.4, 0.5) is 4.39 Å². The van der Waals surface area contributed by atoms with E-state index in [9.17, 15) is 9.18 Å². The number of nitriles is 1. The molecular formula is C15H9ClFNO. The second-order valence-electron chi connectivity index (χ2n) is 3.91. The maximum atomic E-state index is 13.5. The van der Waals surface area contributed by atoms with E-state index in [2.05, 4.69) is 0 Å². The van der Waals surface area contributed by atoms with Crippen LogP contribution in [0.5, 0.6) is 0 Å². The molecule has 0 radical (unpaired) electrons. The van der Waals surface area contributed by atoms with E-state index < -0.39 is 17.0 Å². The van der Waals surface area contributed by atoms with Crippen molar-refractivity contribution < 1.29 is 9.18 Å². The van der Waals surface area contributed by atoms with Crippen molar-refractivity contribution in [1.82, 2.24) is 0 Å². The molecule has 0 bridgehead atoms. The van der Waals surface area contributed by atoms with Crippen LogP contribution in [-0.4, -0.2) is 5.78 Å². The molecule has 2 aromatic carbocycles. The lowest BCUT2D eigenvalue weighted by molar-refractivity contribution is 0.0986. The first-order valence-corrected chi connectivity index (χ1v) is 6.00. The molecule has 0 saturated heterocycles. The van der Waals surface area contributed by atoms with Gasteiger partial charge in [0.25, 0.3) is 0 Å². The van der Waals surface area contributed by atoms with Gasteiger partial charge < -0.3 is 0 Å². The number of Topliss-reactive ketones (excluding diaryl/α,β-unsaturated/α-hetero) is 1. The smallest absolute Gasteiger partial charge is 0.186 e. The molecule has 1 atom stereocenters. The molecule has 0 fully saturated rings. The number of rotatable bonds is 3. The summed E-state index contributed by atoms with van der Waals surface area (Å²) in [6.07, 6.45) is 0. The van der Waals surface area contributed by atoms with Gasteiger partial charge in [-0.3, -0.25) is 4.79 Å². The summed E-state index contributed by atoms with van der Waals surface area (Å²) >= 11 is 6.09. The number of alkyl halides is 1. The molecule has 2 aromatic rings.